The van der Waals surface area contributed by atoms with Gasteiger partial charge in [0.25, 0.3) is 0 Å². The molecule has 3 aliphatic carbocycles. The van der Waals surface area contributed by atoms with Crippen molar-refractivity contribution in [1.29, 1.82) is 0 Å². The molecule has 0 N–H and O–H groups in total. The lowest BCUT2D eigenvalue weighted by atomic mass is 9.62. The molecular formula is C14H22N2O3S. The molecule has 3 saturated carbocycles. The van der Waals surface area contributed by atoms with E-state index in [4.69, 9.17) is 4.52 Å². The Kier molecular flexibility index (Phi) is 3.62. The predicted octanol–water partition coefficient (Wildman–Crippen LogP) is 2.41. The van der Waals surface area contributed by atoms with Crippen LogP contribution < -0.4 is 0 Å². The SMILES string of the molecule is CN(Cc1ccon1)S(=O)(=O)CC12CCC(CC1)CC2. The van der Waals surface area contributed by atoms with Crippen LogP contribution in [0.2, 0.25) is 0 Å². The Bertz CT molecular complexity index is 531. The number of hydrogen-bond acceptors (Lipinski definition) is 4. The fraction of sp³-hybridized carbons (Fsp3) is 0.786. The normalized spacial score (nSPS) is 30.0. The van der Waals surface area contributed by atoms with E-state index in [2.05, 4.69) is 5.16 Å². The van der Waals surface area contributed by atoms with Gasteiger partial charge in [-0.15, -0.1) is 0 Å². The van der Waals surface area contributed by atoms with Crippen molar-refractivity contribution in [3.8, 4) is 0 Å². The van der Waals surface area contributed by atoms with E-state index in [-0.39, 0.29) is 12.0 Å². The fourth-order valence-electron chi connectivity index (χ4n) is 3.70. The van der Waals surface area contributed by atoms with Crippen LogP contribution in [0.4, 0.5) is 0 Å². The molecule has 112 valence electrons. The number of hydrogen-bond donors (Lipinski definition) is 0. The van der Waals surface area contributed by atoms with E-state index < -0.39 is 10.0 Å². The Morgan fingerprint density at radius 2 is 2.00 bits per heavy atom. The molecule has 0 aliphatic heterocycles. The van der Waals surface area contributed by atoms with Crippen molar-refractivity contribution in [3.63, 3.8) is 0 Å². The van der Waals surface area contributed by atoms with Gasteiger partial charge in [-0.1, -0.05) is 5.16 Å². The number of rotatable bonds is 5. The van der Waals surface area contributed by atoms with Gasteiger partial charge in [0, 0.05) is 13.1 Å². The van der Waals surface area contributed by atoms with E-state index >= 15 is 0 Å². The molecule has 2 bridgehead atoms. The number of fused-ring (bicyclic) bond motifs is 3. The smallest absolute Gasteiger partial charge is 0.214 e. The molecule has 1 aromatic heterocycles. The molecule has 1 aromatic rings. The van der Waals surface area contributed by atoms with Crippen molar-refractivity contribution in [1.82, 2.24) is 9.46 Å². The second-order valence-corrected chi connectivity index (χ2v) is 8.56. The van der Waals surface area contributed by atoms with E-state index in [9.17, 15) is 8.42 Å². The molecule has 0 atom stereocenters. The van der Waals surface area contributed by atoms with Crippen LogP contribution in [0.3, 0.4) is 0 Å². The minimum atomic E-state index is -3.23. The Morgan fingerprint density at radius 1 is 1.35 bits per heavy atom. The molecule has 0 amide bonds. The lowest BCUT2D eigenvalue weighted by Crippen LogP contribution is -2.43. The summed E-state index contributed by atoms with van der Waals surface area (Å²) in [6.07, 6.45) is 8.34. The fourth-order valence-corrected chi connectivity index (χ4v) is 5.45. The maximum atomic E-state index is 12.6. The third-order valence-electron chi connectivity index (χ3n) is 5.09. The third kappa shape index (κ3) is 2.76. The average Bonchev–Trinajstić information content (AvgIpc) is 2.92. The molecule has 0 radical (unpaired) electrons. The summed E-state index contributed by atoms with van der Waals surface area (Å²) in [7, 11) is -1.60. The van der Waals surface area contributed by atoms with Crippen LogP contribution >= 0.6 is 0 Å². The first kappa shape index (κ1) is 14.1. The highest BCUT2D eigenvalue weighted by molar-refractivity contribution is 7.89. The zero-order chi connectivity index (χ0) is 14.2. The Labute approximate surface area is 120 Å². The van der Waals surface area contributed by atoms with Crippen molar-refractivity contribution in [2.24, 2.45) is 11.3 Å². The summed E-state index contributed by atoms with van der Waals surface area (Å²) in [6, 6.07) is 1.70. The van der Waals surface area contributed by atoms with Gasteiger partial charge in [0.05, 0.1) is 18.0 Å². The summed E-state index contributed by atoms with van der Waals surface area (Å²) in [5, 5.41) is 3.78. The van der Waals surface area contributed by atoms with Gasteiger partial charge < -0.3 is 4.52 Å². The van der Waals surface area contributed by atoms with Gasteiger partial charge in [0.1, 0.15) is 6.26 Å². The molecule has 20 heavy (non-hydrogen) atoms. The standard InChI is InChI=1S/C14H22N2O3S/c1-16(10-13-5-9-19-15-13)20(17,18)11-14-6-2-12(3-7-14)4-8-14/h5,9,12H,2-4,6-8,10-11H2,1H3. The zero-order valence-electron chi connectivity index (χ0n) is 11.9. The van der Waals surface area contributed by atoms with Crippen molar-refractivity contribution < 1.29 is 12.9 Å². The average molecular weight is 298 g/mol. The minimum absolute atomic E-state index is 0.0334. The Morgan fingerprint density at radius 3 is 2.55 bits per heavy atom. The van der Waals surface area contributed by atoms with Crippen LogP contribution in [0.5, 0.6) is 0 Å². The van der Waals surface area contributed by atoms with Crippen LogP contribution in [0.15, 0.2) is 16.9 Å². The van der Waals surface area contributed by atoms with Gasteiger partial charge in [-0.3, -0.25) is 0 Å². The lowest BCUT2D eigenvalue weighted by molar-refractivity contribution is 0.0850. The van der Waals surface area contributed by atoms with Crippen LogP contribution in [-0.2, 0) is 16.6 Å². The molecule has 0 unspecified atom stereocenters. The highest BCUT2D eigenvalue weighted by atomic mass is 32.2. The lowest BCUT2D eigenvalue weighted by Gasteiger charge is -2.46. The summed E-state index contributed by atoms with van der Waals surface area (Å²) in [6.45, 7) is 0.289. The summed E-state index contributed by atoms with van der Waals surface area (Å²) < 4.78 is 31.3. The molecule has 0 aromatic carbocycles. The summed E-state index contributed by atoms with van der Waals surface area (Å²) in [5.41, 5.74) is 0.687. The maximum absolute atomic E-state index is 12.6. The highest BCUT2D eigenvalue weighted by Crippen LogP contribution is 2.51. The second kappa shape index (κ2) is 5.15. The van der Waals surface area contributed by atoms with Gasteiger partial charge in [-0.05, 0) is 49.9 Å². The molecular weight excluding hydrogens is 276 g/mol. The van der Waals surface area contributed by atoms with Gasteiger partial charge in [0.15, 0.2) is 0 Å². The molecule has 3 fully saturated rings. The topological polar surface area (TPSA) is 63.4 Å². The number of aromatic nitrogens is 1. The molecule has 6 heteroatoms. The predicted molar refractivity (Wildman–Crippen MR) is 75.4 cm³/mol. The van der Waals surface area contributed by atoms with Gasteiger partial charge in [-0.2, -0.15) is 4.31 Å². The summed E-state index contributed by atoms with van der Waals surface area (Å²) in [5.74, 6) is 1.15. The number of nitrogens with zero attached hydrogens (tertiary/aromatic N) is 2. The molecule has 4 rings (SSSR count). The largest absolute Gasteiger partial charge is 0.364 e. The zero-order valence-corrected chi connectivity index (χ0v) is 12.7. The Hall–Kier alpha value is -0.880. The van der Waals surface area contributed by atoms with Crippen LogP contribution in [-0.4, -0.2) is 30.7 Å². The molecule has 0 spiro atoms. The van der Waals surface area contributed by atoms with E-state index in [0.29, 0.717) is 11.4 Å². The van der Waals surface area contributed by atoms with Crippen molar-refractivity contribution >= 4 is 10.0 Å². The quantitative estimate of drug-likeness (QED) is 0.837. The third-order valence-corrected chi connectivity index (χ3v) is 7.14. The summed E-state index contributed by atoms with van der Waals surface area (Å²) >= 11 is 0. The molecule has 3 aliphatic rings. The first-order chi connectivity index (χ1) is 9.49. The highest BCUT2D eigenvalue weighted by Gasteiger charge is 2.43. The Balaban J connectivity index is 1.68. The van der Waals surface area contributed by atoms with Crippen LogP contribution in [0.1, 0.15) is 44.2 Å². The maximum Gasteiger partial charge on any atom is 0.214 e. The van der Waals surface area contributed by atoms with Gasteiger partial charge in [0.2, 0.25) is 10.0 Å². The van der Waals surface area contributed by atoms with E-state index in [1.165, 1.54) is 29.8 Å². The van der Waals surface area contributed by atoms with E-state index in [0.717, 1.165) is 25.2 Å². The minimum Gasteiger partial charge on any atom is -0.364 e. The van der Waals surface area contributed by atoms with Crippen LogP contribution in [0.25, 0.3) is 0 Å². The first-order valence-corrected chi connectivity index (χ1v) is 8.93. The molecule has 0 saturated heterocycles. The summed E-state index contributed by atoms with van der Waals surface area (Å²) in [4.78, 5) is 0. The molecule has 5 nitrogen and oxygen atoms in total. The molecule has 1 heterocycles. The van der Waals surface area contributed by atoms with Gasteiger partial charge in [-0.25, -0.2) is 8.42 Å². The van der Waals surface area contributed by atoms with E-state index in [1.54, 1.807) is 13.1 Å². The van der Waals surface area contributed by atoms with Crippen molar-refractivity contribution in [2.45, 2.75) is 45.1 Å². The van der Waals surface area contributed by atoms with Gasteiger partial charge >= 0.3 is 0 Å². The first-order valence-electron chi connectivity index (χ1n) is 7.32. The number of sulfonamides is 1. The second-order valence-electron chi connectivity index (χ2n) is 6.49. The van der Waals surface area contributed by atoms with E-state index in [1.807, 2.05) is 0 Å². The van der Waals surface area contributed by atoms with Crippen molar-refractivity contribution in [2.75, 3.05) is 12.8 Å². The van der Waals surface area contributed by atoms with Crippen LogP contribution in [0, 0.1) is 11.3 Å². The monoisotopic (exact) mass is 298 g/mol. The van der Waals surface area contributed by atoms with Crippen molar-refractivity contribution in [3.05, 3.63) is 18.0 Å².